The van der Waals surface area contributed by atoms with Gasteiger partial charge in [0, 0.05) is 32.2 Å². The quantitative estimate of drug-likeness (QED) is 0.442. The van der Waals surface area contributed by atoms with E-state index in [1.54, 1.807) is 0 Å². The predicted octanol–water partition coefficient (Wildman–Crippen LogP) is 3.10. The van der Waals surface area contributed by atoms with Crippen LogP contribution < -0.4 is 15.0 Å². The number of ether oxygens (including phenoxy) is 2. The minimum atomic E-state index is 0.416. The molecule has 0 aliphatic carbocycles. The van der Waals surface area contributed by atoms with Gasteiger partial charge in [0.2, 0.25) is 0 Å². The van der Waals surface area contributed by atoms with Crippen molar-refractivity contribution in [1.29, 1.82) is 0 Å². The van der Waals surface area contributed by atoms with E-state index in [0.29, 0.717) is 24.2 Å². The van der Waals surface area contributed by atoms with E-state index in [9.17, 15) is 0 Å². The average Bonchev–Trinajstić information content (AvgIpc) is 3.38. The van der Waals surface area contributed by atoms with Crippen LogP contribution >= 0.6 is 0 Å². The highest BCUT2D eigenvalue weighted by atomic mass is 16.5. The van der Waals surface area contributed by atoms with Crippen molar-refractivity contribution in [2.24, 2.45) is 4.99 Å². The molecule has 0 amide bonds. The van der Waals surface area contributed by atoms with Crippen LogP contribution in [-0.4, -0.2) is 80.8 Å². The molecule has 3 heterocycles. The Morgan fingerprint density at radius 2 is 1.94 bits per heavy atom. The highest BCUT2D eigenvalue weighted by Crippen LogP contribution is 2.33. The zero-order valence-corrected chi connectivity index (χ0v) is 19.0. The first-order valence-electron chi connectivity index (χ1n) is 11.5. The largest absolute Gasteiger partial charge is 0.476 e. The molecule has 2 fully saturated rings. The van der Waals surface area contributed by atoms with Crippen molar-refractivity contribution in [3.63, 3.8) is 0 Å². The maximum Gasteiger partial charge on any atom is 0.147 e. The van der Waals surface area contributed by atoms with Gasteiger partial charge in [0.1, 0.15) is 24.0 Å². The molecule has 33 heavy (non-hydrogen) atoms. The molecule has 3 aromatic rings. The lowest BCUT2D eigenvalue weighted by atomic mass is 10.0. The van der Waals surface area contributed by atoms with E-state index in [1.807, 2.05) is 37.5 Å². The molecule has 1 atom stereocenters. The number of anilines is 1. The molecule has 0 radical (unpaired) electrons. The summed E-state index contributed by atoms with van der Waals surface area (Å²) in [5, 5.41) is 2.97. The fraction of sp³-hybridized carbons (Fsp3) is 0.400. The van der Waals surface area contributed by atoms with E-state index < -0.39 is 0 Å². The number of nitrogens with one attached hydrogen (secondary N) is 1. The Labute approximate surface area is 194 Å². The van der Waals surface area contributed by atoms with E-state index >= 15 is 0 Å². The average molecular weight is 447 g/mol. The molecule has 2 aliphatic rings. The minimum absolute atomic E-state index is 0.416. The van der Waals surface area contributed by atoms with Crippen LogP contribution in [0.5, 0.6) is 5.75 Å². The molecule has 2 aromatic carbocycles. The molecular weight excluding hydrogens is 416 g/mol. The first-order chi connectivity index (χ1) is 16.2. The van der Waals surface area contributed by atoms with Crippen molar-refractivity contribution in [3.05, 3.63) is 42.6 Å². The number of aliphatic imine (C=N–C) groups is 1. The first kappa shape index (κ1) is 21.8. The van der Waals surface area contributed by atoms with Crippen molar-refractivity contribution in [1.82, 2.24) is 20.2 Å². The lowest BCUT2D eigenvalue weighted by Crippen LogP contribution is -2.44. The molecule has 1 N–H and O–H groups in total. The van der Waals surface area contributed by atoms with Crippen molar-refractivity contribution < 1.29 is 9.47 Å². The van der Waals surface area contributed by atoms with Gasteiger partial charge in [-0.3, -0.25) is 20.2 Å². The third kappa shape index (κ3) is 4.68. The van der Waals surface area contributed by atoms with Gasteiger partial charge < -0.3 is 14.4 Å². The molecular formula is C25H30N6O2. The minimum Gasteiger partial charge on any atom is -0.476 e. The van der Waals surface area contributed by atoms with Crippen molar-refractivity contribution in [2.75, 3.05) is 58.1 Å². The van der Waals surface area contributed by atoms with E-state index in [0.717, 1.165) is 73.8 Å². The summed E-state index contributed by atoms with van der Waals surface area (Å²) in [6.45, 7) is 9.81. The summed E-state index contributed by atoms with van der Waals surface area (Å²) in [5.41, 5.74) is 4.60. The van der Waals surface area contributed by atoms with Crippen LogP contribution in [0.15, 0.2) is 47.6 Å². The lowest BCUT2D eigenvalue weighted by Gasteiger charge is -2.32. The summed E-state index contributed by atoms with van der Waals surface area (Å²) < 4.78 is 11.2. The van der Waals surface area contributed by atoms with Gasteiger partial charge in [-0.1, -0.05) is 12.1 Å². The van der Waals surface area contributed by atoms with Crippen LogP contribution in [0.1, 0.15) is 6.42 Å². The Kier molecular flexibility index (Phi) is 6.48. The monoisotopic (exact) mass is 446 g/mol. The van der Waals surface area contributed by atoms with Gasteiger partial charge in [-0.15, -0.1) is 0 Å². The van der Waals surface area contributed by atoms with E-state index in [1.165, 1.54) is 0 Å². The third-order valence-electron chi connectivity index (χ3n) is 6.41. The highest BCUT2D eigenvalue weighted by Gasteiger charge is 2.29. The molecule has 5 rings (SSSR count). The smallest absolute Gasteiger partial charge is 0.147 e. The second-order valence-corrected chi connectivity index (χ2v) is 8.45. The maximum atomic E-state index is 5.68. The molecule has 1 unspecified atom stereocenters. The molecule has 0 bridgehead atoms. The van der Waals surface area contributed by atoms with E-state index in [4.69, 9.17) is 14.5 Å². The summed E-state index contributed by atoms with van der Waals surface area (Å²) in [6.07, 6.45) is 3.05. The van der Waals surface area contributed by atoms with Crippen LogP contribution in [0, 0.1) is 0 Å². The Bertz CT molecular complexity index is 1130. The molecule has 1 aromatic heterocycles. The van der Waals surface area contributed by atoms with Gasteiger partial charge in [0.15, 0.2) is 0 Å². The maximum absolute atomic E-state index is 5.68. The fourth-order valence-corrected chi connectivity index (χ4v) is 4.62. The number of fused-ring (bicyclic) bond motifs is 1. The Morgan fingerprint density at radius 1 is 1.12 bits per heavy atom. The lowest BCUT2D eigenvalue weighted by molar-refractivity contribution is 0.0209. The second kappa shape index (κ2) is 9.82. The van der Waals surface area contributed by atoms with Crippen molar-refractivity contribution >= 4 is 29.3 Å². The van der Waals surface area contributed by atoms with Crippen LogP contribution in [0.4, 0.5) is 11.5 Å². The van der Waals surface area contributed by atoms with Gasteiger partial charge >= 0.3 is 0 Å². The number of morpholine rings is 1. The van der Waals surface area contributed by atoms with Gasteiger partial charge in [-0.05, 0) is 55.6 Å². The van der Waals surface area contributed by atoms with Crippen molar-refractivity contribution in [3.8, 4) is 16.9 Å². The van der Waals surface area contributed by atoms with Crippen LogP contribution in [-0.2, 0) is 4.74 Å². The van der Waals surface area contributed by atoms with Gasteiger partial charge in [0.05, 0.1) is 30.4 Å². The van der Waals surface area contributed by atoms with Crippen molar-refractivity contribution in [2.45, 2.75) is 12.5 Å². The normalized spacial score (nSPS) is 19.2. The predicted molar refractivity (Wildman–Crippen MR) is 132 cm³/mol. The SMILES string of the molecule is C=Nc1cc(-c2ccc3ncc(N4CCC(N5CCOCC5)C4)nc3c2)ccc1OCNC. The Balaban J connectivity index is 1.38. The van der Waals surface area contributed by atoms with Gasteiger partial charge in [-0.2, -0.15) is 0 Å². The van der Waals surface area contributed by atoms with Crippen LogP contribution in [0.25, 0.3) is 22.2 Å². The molecule has 0 spiro atoms. The first-order valence-corrected chi connectivity index (χ1v) is 11.5. The molecule has 172 valence electrons. The van der Waals surface area contributed by atoms with Gasteiger partial charge in [-0.25, -0.2) is 4.98 Å². The second-order valence-electron chi connectivity index (χ2n) is 8.45. The number of rotatable bonds is 7. The summed E-state index contributed by atoms with van der Waals surface area (Å²) in [5.74, 6) is 1.65. The number of hydrogen-bond acceptors (Lipinski definition) is 8. The third-order valence-corrected chi connectivity index (χ3v) is 6.41. The summed E-state index contributed by atoms with van der Waals surface area (Å²) >= 11 is 0. The molecule has 0 saturated carbocycles. The summed E-state index contributed by atoms with van der Waals surface area (Å²) in [4.78, 5) is 18.7. The summed E-state index contributed by atoms with van der Waals surface area (Å²) in [7, 11) is 1.84. The number of hydrogen-bond donors (Lipinski definition) is 1. The Morgan fingerprint density at radius 3 is 2.76 bits per heavy atom. The number of nitrogens with zero attached hydrogens (tertiary/aromatic N) is 5. The molecule has 8 nitrogen and oxygen atoms in total. The fourth-order valence-electron chi connectivity index (χ4n) is 4.62. The van der Waals surface area contributed by atoms with Crippen LogP contribution in [0.3, 0.4) is 0 Å². The number of benzene rings is 2. The van der Waals surface area contributed by atoms with Gasteiger partial charge in [0.25, 0.3) is 0 Å². The molecule has 2 saturated heterocycles. The van der Waals surface area contributed by atoms with E-state index in [2.05, 4.69) is 43.9 Å². The highest BCUT2D eigenvalue weighted by molar-refractivity contribution is 5.83. The Hall–Kier alpha value is -3.07. The topological polar surface area (TPSA) is 75.1 Å². The molecule has 8 heteroatoms. The zero-order chi connectivity index (χ0) is 22.6. The molecule has 2 aliphatic heterocycles. The van der Waals surface area contributed by atoms with Crippen LogP contribution in [0.2, 0.25) is 0 Å². The van der Waals surface area contributed by atoms with E-state index in [-0.39, 0.29) is 0 Å². The zero-order valence-electron chi connectivity index (χ0n) is 19.0. The standard InChI is InChI=1S/C25H30N6O2/c1-26-17-33-24-6-4-19(14-23(24)27-2)18-3-5-21-22(13-18)29-25(15-28-21)31-8-7-20(16-31)30-9-11-32-12-10-30/h3-6,13-15,20,26H,2,7-12,16-17H2,1H3. The summed E-state index contributed by atoms with van der Waals surface area (Å²) in [6, 6.07) is 12.7. The number of aromatic nitrogens is 2.